The maximum absolute atomic E-state index is 9.70. The minimum atomic E-state index is -0.950. The van der Waals surface area contributed by atoms with Crippen molar-refractivity contribution >= 4 is 0 Å². The number of hydrogen-bond donors (Lipinski definition) is 3. The van der Waals surface area contributed by atoms with Crippen LogP contribution >= 0.6 is 0 Å². The lowest BCUT2D eigenvalue weighted by atomic mass is 9.87. The maximum atomic E-state index is 9.70. The minimum absolute atomic E-state index is 0.00167. The summed E-state index contributed by atoms with van der Waals surface area (Å²) in [7, 11) is 0. The lowest BCUT2D eigenvalue weighted by molar-refractivity contribution is 0.00132. The predicted octanol–water partition coefficient (Wildman–Crippen LogP) is -0.894. The third kappa shape index (κ3) is 2.92. The van der Waals surface area contributed by atoms with Gasteiger partial charge in [0.05, 0.1) is 26.4 Å². The Morgan fingerprint density at radius 3 is 1.82 bits per heavy atom. The van der Waals surface area contributed by atoms with E-state index in [1.165, 1.54) is 0 Å². The molecule has 0 aliphatic heterocycles. The molecule has 0 radical (unpaired) electrons. The van der Waals surface area contributed by atoms with Gasteiger partial charge in [-0.3, -0.25) is 0 Å². The van der Waals surface area contributed by atoms with Gasteiger partial charge >= 0.3 is 0 Å². The molecule has 66 valence electrons. The molecule has 0 atom stereocenters. The van der Waals surface area contributed by atoms with E-state index in [-0.39, 0.29) is 32.8 Å². The molecule has 5 heteroatoms. The normalized spacial score (nSPS) is 11.5. The summed E-state index contributed by atoms with van der Waals surface area (Å²) >= 11 is 0. The maximum Gasteiger partial charge on any atom is 0.0819 e. The Balaban J connectivity index is 3.93. The molecule has 0 bridgehead atoms. The SMILES string of the molecule is O=NCCC(CO)(CO)CO. The van der Waals surface area contributed by atoms with E-state index >= 15 is 0 Å². The second kappa shape index (κ2) is 5.17. The standard InChI is InChI=1S/C6H13NO4/c8-3-6(4-9,5-10)1-2-7-11/h8-10H,1-5H2. The molecule has 0 heterocycles. The average molecular weight is 163 g/mol. The van der Waals surface area contributed by atoms with Gasteiger partial charge in [0.2, 0.25) is 0 Å². The Kier molecular flexibility index (Phi) is 4.93. The van der Waals surface area contributed by atoms with Crippen LogP contribution in [-0.2, 0) is 0 Å². The van der Waals surface area contributed by atoms with Gasteiger partial charge in [-0.2, -0.15) is 4.91 Å². The molecule has 0 saturated heterocycles. The Hall–Kier alpha value is -0.520. The van der Waals surface area contributed by atoms with Crippen molar-refractivity contribution in [2.24, 2.45) is 10.6 Å². The third-order valence-electron chi connectivity index (χ3n) is 1.74. The van der Waals surface area contributed by atoms with Gasteiger partial charge in [-0.05, 0) is 6.42 Å². The molecule has 0 amide bonds. The van der Waals surface area contributed by atoms with E-state index < -0.39 is 5.41 Å². The summed E-state index contributed by atoms with van der Waals surface area (Å²) < 4.78 is 0. The van der Waals surface area contributed by atoms with E-state index in [1.54, 1.807) is 0 Å². The number of hydrogen-bond acceptors (Lipinski definition) is 5. The molecule has 0 unspecified atom stereocenters. The zero-order chi connectivity index (χ0) is 8.74. The van der Waals surface area contributed by atoms with E-state index in [4.69, 9.17) is 15.3 Å². The monoisotopic (exact) mass is 163 g/mol. The van der Waals surface area contributed by atoms with Gasteiger partial charge in [-0.25, -0.2) is 0 Å². The van der Waals surface area contributed by atoms with Gasteiger partial charge < -0.3 is 15.3 Å². The smallest absolute Gasteiger partial charge is 0.0819 e. The first-order valence-electron chi connectivity index (χ1n) is 3.36. The van der Waals surface area contributed by atoms with Crippen molar-refractivity contribution in [3.63, 3.8) is 0 Å². The summed E-state index contributed by atoms with van der Waals surface area (Å²) in [6.07, 6.45) is 0.208. The number of rotatable bonds is 6. The summed E-state index contributed by atoms with van der Waals surface area (Å²) in [5.41, 5.74) is -0.950. The zero-order valence-electron chi connectivity index (χ0n) is 6.23. The highest BCUT2D eigenvalue weighted by Gasteiger charge is 2.27. The lowest BCUT2D eigenvalue weighted by Gasteiger charge is -2.25. The summed E-state index contributed by atoms with van der Waals surface area (Å²) in [6.45, 7) is -1.01. The van der Waals surface area contributed by atoms with Crippen molar-refractivity contribution < 1.29 is 15.3 Å². The van der Waals surface area contributed by atoms with Crippen molar-refractivity contribution in [1.29, 1.82) is 0 Å². The van der Waals surface area contributed by atoms with E-state index in [0.717, 1.165) is 0 Å². The van der Waals surface area contributed by atoms with Gasteiger partial charge in [-0.15, -0.1) is 0 Å². The molecule has 11 heavy (non-hydrogen) atoms. The third-order valence-corrected chi connectivity index (χ3v) is 1.74. The molecule has 3 N–H and O–H groups in total. The Bertz CT molecular complexity index is 105. The van der Waals surface area contributed by atoms with Crippen LogP contribution in [0.2, 0.25) is 0 Å². The lowest BCUT2D eigenvalue weighted by Crippen LogP contribution is -2.34. The molecule has 0 aromatic carbocycles. The number of aliphatic hydroxyl groups excluding tert-OH is 3. The first-order chi connectivity index (χ1) is 5.24. The van der Waals surface area contributed by atoms with E-state index in [0.29, 0.717) is 0 Å². The molecule has 0 aliphatic rings. The van der Waals surface area contributed by atoms with Crippen LogP contribution in [0.5, 0.6) is 0 Å². The highest BCUT2D eigenvalue weighted by atomic mass is 16.3. The van der Waals surface area contributed by atoms with E-state index in [9.17, 15) is 4.91 Å². The summed E-state index contributed by atoms with van der Waals surface area (Å²) in [5, 5.41) is 28.8. The molecule has 0 aromatic heterocycles. The topological polar surface area (TPSA) is 90.1 Å². The number of nitroso groups, excluding NO2 is 1. The first-order valence-corrected chi connectivity index (χ1v) is 3.36. The highest BCUT2D eigenvalue weighted by molar-refractivity contribution is 4.77. The Labute approximate surface area is 64.6 Å². The summed E-state index contributed by atoms with van der Waals surface area (Å²) in [4.78, 5) is 9.70. The molecule has 0 saturated carbocycles. The molecule has 5 nitrogen and oxygen atoms in total. The Morgan fingerprint density at radius 1 is 1.09 bits per heavy atom. The van der Waals surface area contributed by atoms with Crippen LogP contribution in [0, 0.1) is 10.3 Å². The van der Waals surface area contributed by atoms with Crippen molar-refractivity contribution in [2.75, 3.05) is 26.4 Å². The highest BCUT2D eigenvalue weighted by Crippen LogP contribution is 2.19. The molecule has 0 fully saturated rings. The average Bonchev–Trinajstić information content (AvgIpc) is 2.08. The van der Waals surface area contributed by atoms with Crippen LogP contribution in [0.15, 0.2) is 5.18 Å². The predicted molar refractivity (Wildman–Crippen MR) is 39.0 cm³/mol. The quantitative estimate of drug-likeness (QED) is 0.443. The second-order valence-electron chi connectivity index (χ2n) is 2.58. The second-order valence-corrected chi connectivity index (χ2v) is 2.58. The minimum Gasteiger partial charge on any atom is -0.396 e. The van der Waals surface area contributed by atoms with E-state index in [1.807, 2.05) is 0 Å². The molecule has 0 rings (SSSR count). The van der Waals surface area contributed by atoms with Crippen LogP contribution < -0.4 is 0 Å². The van der Waals surface area contributed by atoms with Crippen LogP contribution in [0.25, 0.3) is 0 Å². The van der Waals surface area contributed by atoms with Crippen molar-refractivity contribution in [3.05, 3.63) is 4.91 Å². The largest absolute Gasteiger partial charge is 0.396 e. The molecular weight excluding hydrogens is 150 g/mol. The van der Waals surface area contributed by atoms with E-state index in [2.05, 4.69) is 5.18 Å². The summed E-state index contributed by atoms with van der Waals surface area (Å²) in [6, 6.07) is 0. The fourth-order valence-electron chi connectivity index (χ4n) is 0.670. The van der Waals surface area contributed by atoms with Gasteiger partial charge in [0.25, 0.3) is 0 Å². The van der Waals surface area contributed by atoms with Crippen LogP contribution in [-0.4, -0.2) is 41.7 Å². The van der Waals surface area contributed by atoms with Crippen molar-refractivity contribution in [3.8, 4) is 0 Å². The molecular formula is C6H13NO4. The molecule has 0 aliphatic carbocycles. The van der Waals surface area contributed by atoms with Gasteiger partial charge in [-0.1, -0.05) is 5.18 Å². The fourth-order valence-corrected chi connectivity index (χ4v) is 0.670. The first kappa shape index (κ1) is 10.5. The number of aliphatic hydroxyl groups is 3. The van der Waals surface area contributed by atoms with Crippen molar-refractivity contribution in [1.82, 2.24) is 0 Å². The fraction of sp³-hybridized carbons (Fsp3) is 1.00. The Morgan fingerprint density at radius 2 is 1.55 bits per heavy atom. The summed E-state index contributed by atoms with van der Waals surface area (Å²) in [5.74, 6) is 0. The van der Waals surface area contributed by atoms with Gasteiger partial charge in [0, 0.05) is 5.41 Å². The number of nitrogens with zero attached hydrogens (tertiary/aromatic N) is 1. The molecule has 0 spiro atoms. The van der Waals surface area contributed by atoms with Gasteiger partial charge in [0.1, 0.15) is 0 Å². The van der Waals surface area contributed by atoms with Crippen molar-refractivity contribution in [2.45, 2.75) is 6.42 Å². The van der Waals surface area contributed by atoms with Crippen LogP contribution in [0.1, 0.15) is 6.42 Å². The molecule has 0 aromatic rings. The van der Waals surface area contributed by atoms with Crippen LogP contribution in [0.3, 0.4) is 0 Å². The van der Waals surface area contributed by atoms with Crippen LogP contribution in [0.4, 0.5) is 0 Å². The van der Waals surface area contributed by atoms with Gasteiger partial charge in [0.15, 0.2) is 0 Å². The zero-order valence-corrected chi connectivity index (χ0v) is 6.23.